The molecule has 0 unspecified atom stereocenters. The second-order valence-electron chi connectivity index (χ2n) is 3.29. The lowest BCUT2D eigenvalue weighted by Crippen LogP contribution is -2.14. The van der Waals surface area contributed by atoms with Crippen LogP contribution in [0.3, 0.4) is 0 Å². The zero-order valence-corrected chi connectivity index (χ0v) is 8.50. The van der Waals surface area contributed by atoms with Crippen LogP contribution in [-0.4, -0.2) is 21.1 Å². The molecule has 0 radical (unpaired) electrons. The minimum atomic E-state index is -0.389. The third kappa shape index (κ3) is 2.38. The van der Waals surface area contributed by atoms with Gasteiger partial charge in [0, 0.05) is 23.7 Å². The topological polar surface area (TPSA) is 81.8 Å². The molecular formula is C11H10N4O. The highest BCUT2D eigenvalue weighted by Crippen LogP contribution is 2.14. The van der Waals surface area contributed by atoms with Crippen molar-refractivity contribution in [2.24, 2.45) is 5.73 Å². The van der Waals surface area contributed by atoms with Gasteiger partial charge in [-0.15, -0.1) is 0 Å². The summed E-state index contributed by atoms with van der Waals surface area (Å²) in [5.74, 6) is -0.389. The molecule has 2 aromatic rings. The van der Waals surface area contributed by atoms with Crippen LogP contribution in [-0.2, 0) is 11.2 Å². The third-order valence-electron chi connectivity index (χ3n) is 2.05. The highest BCUT2D eigenvalue weighted by molar-refractivity contribution is 5.76. The lowest BCUT2D eigenvalue weighted by atomic mass is 10.1. The first kappa shape index (κ1) is 10.2. The monoisotopic (exact) mass is 214 g/mol. The van der Waals surface area contributed by atoms with E-state index in [1.807, 2.05) is 12.1 Å². The van der Waals surface area contributed by atoms with Gasteiger partial charge in [0.05, 0.1) is 12.1 Å². The molecule has 0 aliphatic carbocycles. The maximum absolute atomic E-state index is 10.7. The van der Waals surface area contributed by atoms with Crippen LogP contribution in [0.4, 0.5) is 0 Å². The summed E-state index contributed by atoms with van der Waals surface area (Å²) in [6, 6.07) is 7.25. The number of primary amides is 1. The summed E-state index contributed by atoms with van der Waals surface area (Å²) in [7, 11) is 0. The van der Waals surface area contributed by atoms with E-state index < -0.39 is 0 Å². The van der Waals surface area contributed by atoms with Crippen molar-refractivity contribution in [2.45, 2.75) is 6.42 Å². The molecule has 1 amide bonds. The molecule has 0 saturated carbocycles. The fourth-order valence-electron chi connectivity index (χ4n) is 1.31. The minimum absolute atomic E-state index is 0.154. The predicted octanol–water partition coefficient (Wildman–Crippen LogP) is 0.566. The van der Waals surface area contributed by atoms with Gasteiger partial charge in [0.25, 0.3) is 0 Å². The number of amides is 1. The summed E-state index contributed by atoms with van der Waals surface area (Å²) in [4.78, 5) is 14.8. The summed E-state index contributed by atoms with van der Waals surface area (Å²) >= 11 is 0. The van der Waals surface area contributed by atoms with E-state index in [0.717, 1.165) is 11.3 Å². The molecule has 5 heteroatoms. The Labute approximate surface area is 92.3 Å². The molecule has 2 N–H and O–H groups in total. The maximum atomic E-state index is 10.7. The Morgan fingerprint density at radius 1 is 1.31 bits per heavy atom. The van der Waals surface area contributed by atoms with Gasteiger partial charge >= 0.3 is 0 Å². The molecule has 0 saturated heterocycles. The summed E-state index contributed by atoms with van der Waals surface area (Å²) in [5, 5.41) is 7.74. The molecule has 0 spiro atoms. The smallest absolute Gasteiger partial charge is 0.223 e. The number of hydrogen-bond acceptors (Lipinski definition) is 4. The normalized spacial score (nSPS) is 10.0. The van der Waals surface area contributed by atoms with Gasteiger partial charge in [-0.1, -0.05) is 0 Å². The molecule has 2 rings (SSSR count). The Morgan fingerprint density at radius 3 is 2.75 bits per heavy atom. The second-order valence-corrected chi connectivity index (χ2v) is 3.29. The Morgan fingerprint density at radius 2 is 2.19 bits per heavy atom. The first-order valence-electron chi connectivity index (χ1n) is 4.77. The van der Waals surface area contributed by atoms with Crippen LogP contribution in [0.1, 0.15) is 5.69 Å². The molecule has 0 fully saturated rings. The number of aromatic nitrogens is 3. The summed E-state index contributed by atoms with van der Waals surface area (Å²) in [5.41, 5.74) is 7.34. The van der Waals surface area contributed by atoms with E-state index in [4.69, 9.17) is 5.73 Å². The van der Waals surface area contributed by atoms with Crippen LogP contribution >= 0.6 is 0 Å². The Hall–Kier alpha value is -2.30. The number of carbonyl (C=O) groups is 1. The van der Waals surface area contributed by atoms with Crippen molar-refractivity contribution in [3.63, 3.8) is 0 Å². The lowest BCUT2D eigenvalue weighted by molar-refractivity contribution is -0.117. The van der Waals surface area contributed by atoms with E-state index in [9.17, 15) is 4.79 Å². The number of pyridine rings is 1. The van der Waals surface area contributed by atoms with E-state index in [0.29, 0.717) is 5.69 Å². The van der Waals surface area contributed by atoms with Gasteiger partial charge < -0.3 is 5.73 Å². The van der Waals surface area contributed by atoms with Crippen molar-refractivity contribution < 1.29 is 4.79 Å². The van der Waals surface area contributed by atoms with Crippen LogP contribution < -0.4 is 5.73 Å². The molecular weight excluding hydrogens is 204 g/mol. The van der Waals surface area contributed by atoms with E-state index in [1.54, 1.807) is 24.5 Å². The van der Waals surface area contributed by atoms with Gasteiger partial charge in [0.15, 0.2) is 0 Å². The zero-order chi connectivity index (χ0) is 11.4. The van der Waals surface area contributed by atoms with Gasteiger partial charge in [-0.05, 0) is 24.3 Å². The van der Waals surface area contributed by atoms with Gasteiger partial charge in [-0.25, -0.2) is 0 Å². The Kier molecular flexibility index (Phi) is 2.86. The summed E-state index contributed by atoms with van der Waals surface area (Å²) in [6.45, 7) is 0. The van der Waals surface area contributed by atoms with Crippen molar-refractivity contribution in [1.29, 1.82) is 0 Å². The molecule has 2 heterocycles. The summed E-state index contributed by atoms with van der Waals surface area (Å²) in [6.07, 6.45) is 3.42. The largest absolute Gasteiger partial charge is 0.369 e. The second kappa shape index (κ2) is 4.48. The average molecular weight is 214 g/mol. The van der Waals surface area contributed by atoms with E-state index in [-0.39, 0.29) is 12.3 Å². The van der Waals surface area contributed by atoms with Gasteiger partial charge in [-0.2, -0.15) is 10.2 Å². The van der Waals surface area contributed by atoms with Crippen molar-refractivity contribution in [3.05, 3.63) is 42.4 Å². The van der Waals surface area contributed by atoms with Crippen molar-refractivity contribution >= 4 is 5.91 Å². The lowest BCUT2D eigenvalue weighted by Gasteiger charge is -2.00. The first-order valence-corrected chi connectivity index (χ1v) is 4.77. The molecule has 2 aromatic heterocycles. The Balaban J connectivity index is 2.23. The number of nitrogens with two attached hydrogens (primary N) is 1. The highest BCUT2D eigenvalue weighted by Gasteiger charge is 2.02. The van der Waals surface area contributed by atoms with Crippen LogP contribution in [0, 0.1) is 0 Å². The average Bonchev–Trinajstić information content (AvgIpc) is 2.30. The third-order valence-corrected chi connectivity index (χ3v) is 2.05. The van der Waals surface area contributed by atoms with Gasteiger partial charge in [0.1, 0.15) is 0 Å². The van der Waals surface area contributed by atoms with E-state index >= 15 is 0 Å². The van der Waals surface area contributed by atoms with Crippen molar-refractivity contribution in [3.8, 4) is 11.3 Å². The van der Waals surface area contributed by atoms with Crippen LogP contribution in [0.2, 0.25) is 0 Å². The summed E-state index contributed by atoms with van der Waals surface area (Å²) < 4.78 is 0. The number of carbonyl (C=O) groups excluding carboxylic acids is 1. The highest BCUT2D eigenvalue weighted by atomic mass is 16.1. The molecule has 80 valence electrons. The van der Waals surface area contributed by atoms with Gasteiger partial charge in [-0.3, -0.25) is 9.78 Å². The van der Waals surface area contributed by atoms with Crippen LogP contribution in [0.25, 0.3) is 11.3 Å². The quantitative estimate of drug-likeness (QED) is 0.809. The zero-order valence-electron chi connectivity index (χ0n) is 8.50. The molecule has 0 aliphatic heterocycles. The molecule has 0 aliphatic rings. The van der Waals surface area contributed by atoms with E-state index in [1.165, 1.54) is 0 Å². The van der Waals surface area contributed by atoms with Crippen LogP contribution in [0.5, 0.6) is 0 Å². The molecule has 0 aromatic carbocycles. The first-order chi connectivity index (χ1) is 7.75. The minimum Gasteiger partial charge on any atom is -0.369 e. The SMILES string of the molecule is NC(=O)Cc1ccc(-c2cccnn2)cn1. The number of hydrogen-bond donors (Lipinski definition) is 1. The molecule has 0 atom stereocenters. The van der Waals surface area contributed by atoms with Crippen molar-refractivity contribution in [2.75, 3.05) is 0 Å². The Bertz CT molecular complexity index is 481. The molecule has 16 heavy (non-hydrogen) atoms. The predicted molar refractivity (Wildman–Crippen MR) is 58.2 cm³/mol. The molecule has 0 bridgehead atoms. The van der Waals surface area contributed by atoms with Crippen molar-refractivity contribution in [1.82, 2.24) is 15.2 Å². The standard InChI is InChI=1S/C11H10N4O/c12-11(16)6-9-4-3-8(7-13-9)10-2-1-5-14-15-10/h1-5,7H,6H2,(H2,12,16). The van der Waals surface area contributed by atoms with Gasteiger partial charge in [0.2, 0.25) is 5.91 Å². The maximum Gasteiger partial charge on any atom is 0.223 e. The number of nitrogens with zero attached hydrogens (tertiary/aromatic N) is 3. The molecule has 5 nitrogen and oxygen atoms in total. The fraction of sp³-hybridized carbons (Fsp3) is 0.0909. The van der Waals surface area contributed by atoms with Crippen LogP contribution in [0.15, 0.2) is 36.7 Å². The fourth-order valence-corrected chi connectivity index (χ4v) is 1.31. The number of rotatable bonds is 3. The van der Waals surface area contributed by atoms with E-state index in [2.05, 4.69) is 15.2 Å².